The summed E-state index contributed by atoms with van der Waals surface area (Å²) < 4.78 is 24.5. The van der Waals surface area contributed by atoms with Crippen molar-refractivity contribution in [3.05, 3.63) is 60.0 Å². The zero-order valence-corrected chi connectivity index (χ0v) is 12.7. The normalized spacial score (nSPS) is 11.9. The lowest BCUT2D eigenvalue weighted by Crippen LogP contribution is -2.25. The molecule has 0 bridgehead atoms. The van der Waals surface area contributed by atoms with Gasteiger partial charge in [0.15, 0.2) is 11.6 Å². The van der Waals surface area contributed by atoms with Gasteiger partial charge in [0.05, 0.1) is 11.6 Å². The molecule has 122 valence electrons. The van der Waals surface area contributed by atoms with E-state index in [1.807, 2.05) is 36.5 Å². The molecule has 0 saturated heterocycles. The van der Waals surface area contributed by atoms with Gasteiger partial charge in [-0.3, -0.25) is 0 Å². The van der Waals surface area contributed by atoms with Crippen LogP contribution in [-0.4, -0.2) is 29.4 Å². The fourth-order valence-electron chi connectivity index (χ4n) is 2.29. The van der Waals surface area contributed by atoms with Crippen LogP contribution in [0.1, 0.15) is 5.56 Å². The molecular weight excluding hydrogens is 311 g/mol. The maximum Gasteiger partial charge on any atom is 0.166 e. The molecule has 2 aromatic carbocycles. The van der Waals surface area contributed by atoms with E-state index in [2.05, 4.69) is 4.98 Å². The summed E-state index contributed by atoms with van der Waals surface area (Å²) in [5, 5.41) is 19.6. The summed E-state index contributed by atoms with van der Waals surface area (Å²) >= 11 is 0. The summed E-state index contributed by atoms with van der Waals surface area (Å²) in [6.45, 7) is -0.103. The Morgan fingerprint density at radius 3 is 2.67 bits per heavy atom. The number of hydrogen-bond donors (Lipinski definition) is 2. The number of aromatic amines is 1. The average Bonchev–Trinajstić information content (AvgIpc) is 3.08. The van der Waals surface area contributed by atoms with Crippen molar-refractivity contribution in [2.75, 3.05) is 13.2 Å². The predicted molar refractivity (Wildman–Crippen MR) is 86.4 cm³/mol. The summed E-state index contributed by atoms with van der Waals surface area (Å²) in [6, 6.07) is 13.2. The zero-order chi connectivity index (χ0) is 16.9. The van der Waals surface area contributed by atoms with Gasteiger partial charge in [-0.25, -0.2) is 4.39 Å². The standard InChI is InChI=1S/C18H15FN2O3/c19-15-8-12(9-20)4-5-18(15)24-11-13(22)10-23-17-3-1-2-16-14(17)6-7-21-16/h1-8,13,21-22H,10-11H2/t13-/m1/s1. The Hall–Kier alpha value is -3.04. The number of nitrogens with one attached hydrogen (secondary N) is 1. The Morgan fingerprint density at radius 2 is 1.92 bits per heavy atom. The number of benzene rings is 2. The Morgan fingerprint density at radius 1 is 1.12 bits per heavy atom. The van der Waals surface area contributed by atoms with E-state index in [0.717, 1.165) is 17.0 Å². The van der Waals surface area contributed by atoms with E-state index in [9.17, 15) is 9.50 Å². The Bertz CT molecular complexity index is 885. The second kappa shape index (κ2) is 7.02. The predicted octanol–water partition coefficient (Wildman–Crippen LogP) is 3.00. The first kappa shape index (κ1) is 15.8. The van der Waals surface area contributed by atoms with Crippen molar-refractivity contribution in [1.29, 1.82) is 5.26 Å². The number of ether oxygens (including phenoxy) is 2. The summed E-state index contributed by atoms with van der Waals surface area (Å²) in [6.07, 6.45) is 0.888. The molecule has 0 amide bonds. The third-order valence-electron chi connectivity index (χ3n) is 3.48. The summed E-state index contributed by atoms with van der Waals surface area (Å²) in [7, 11) is 0. The summed E-state index contributed by atoms with van der Waals surface area (Å²) in [5.74, 6) is -0.00241. The van der Waals surface area contributed by atoms with Gasteiger partial charge < -0.3 is 19.6 Å². The first-order valence-corrected chi connectivity index (χ1v) is 7.37. The molecule has 3 rings (SSSR count). The van der Waals surface area contributed by atoms with E-state index in [4.69, 9.17) is 14.7 Å². The van der Waals surface area contributed by atoms with Gasteiger partial charge in [0.2, 0.25) is 0 Å². The number of aliphatic hydroxyl groups is 1. The molecular formula is C18H15FN2O3. The first-order chi connectivity index (χ1) is 11.7. The van der Waals surface area contributed by atoms with Gasteiger partial charge in [-0.05, 0) is 36.4 Å². The highest BCUT2D eigenvalue weighted by molar-refractivity contribution is 5.85. The number of nitrogens with zero attached hydrogens (tertiary/aromatic N) is 1. The number of aromatic nitrogens is 1. The van der Waals surface area contributed by atoms with Gasteiger partial charge >= 0.3 is 0 Å². The van der Waals surface area contributed by atoms with E-state index in [0.29, 0.717) is 5.75 Å². The maximum atomic E-state index is 13.7. The van der Waals surface area contributed by atoms with Gasteiger partial charge in [-0.15, -0.1) is 0 Å². The third-order valence-corrected chi connectivity index (χ3v) is 3.48. The fraction of sp³-hybridized carbons (Fsp3) is 0.167. The van der Waals surface area contributed by atoms with Crippen molar-refractivity contribution >= 4 is 10.9 Å². The van der Waals surface area contributed by atoms with Gasteiger partial charge in [0, 0.05) is 17.1 Å². The highest BCUT2D eigenvalue weighted by Crippen LogP contribution is 2.24. The van der Waals surface area contributed by atoms with Gasteiger partial charge in [0.25, 0.3) is 0 Å². The second-order valence-electron chi connectivity index (χ2n) is 5.23. The van der Waals surface area contributed by atoms with Crippen molar-refractivity contribution in [3.63, 3.8) is 0 Å². The van der Waals surface area contributed by atoms with E-state index in [1.54, 1.807) is 0 Å². The lowest BCUT2D eigenvalue weighted by atomic mass is 10.2. The molecule has 2 N–H and O–H groups in total. The van der Waals surface area contributed by atoms with Crippen LogP contribution in [0.2, 0.25) is 0 Å². The minimum Gasteiger partial charge on any atom is -0.490 e. The summed E-state index contributed by atoms with van der Waals surface area (Å²) in [5.41, 5.74) is 1.15. The van der Waals surface area contributed by atoms with Crippen molar-refractivity contribution in [2.45, 2.75) is 6.10 Å². The monoisotopic (exact) mass is 326 g/mol. The van der Waals surface area contributed by atoms with Gasteiger partial charge in [-0.2, -0.15) is 5.26 Å². The first-order valence-electron chi connectivity index (χ1n) is 7.37. The molecule has 0 spiro atoms. The Balaban J connectivity index is 1.55. The maximum absolute atomic E-state index is 13.7. The smallest absolute Gasteiger partial charge is 0.166 e. The molecule has 0 unspecified atom stereocenters. The molecule has 0 saturated carbocycles. The van der Waals surface area contributed by atoms with E-state index in [-0.39, 0.29) is 24.5 Å². The summed E-state index contributed by atoms with van der Waals surface area (Å²) in [4.78, 5) is 3.08. The minimum atomic E-state index is -0.922. The molecule has 1 heterocycles. The fourth-order valence-corrected chi connectivity index (χ4v) is 2.29. The highest BCUT2D eigenvalue weighted by Gasteiger charge is 2.11. The Kier molecular flexibility index (Phi) is 4.64. The van der Waals surface area contributed by atoms with Crippen molar-refractivity contribution < 1.29 is 19.0 Å². The zero-order valence-electron chi connectivity index (χ0n) is 12.7. The molecule has 0 aliphatic rings. The van der Waals surface area contributed by atoms with Crippen molar-refractivity contribution in [3.8, 4) is 17.6 Å². The molecule has 0 aliphatic heterocycles. The molecule has 24 heavy (non-hydrogen) atoms. The Labute approximate surface area is 137 Å². The molecule has 5 nitrogen and oxygen atoms in total. The topological polar surface area (TPSA) is 78.3 Å². The largest absolute Gasteiger partial charge is 0.490 e. The van der Waals surface area contributed by atoms with E-state index in [1.165, 1.54) is 12.1 Å². The number of fused-ring (bicyclic) bond motifs is 1. The second-order valence-corrected chi connectivity index (χ2v) is 5.23. The third kappa shape index (κ3) is 3.47. The highest BCUT2D eigenvalue weighted by atomic mass is 19.1. The molecule has 0 radical (unpaired) electrons. The van der Waals surface area contributed by atoms with Crippen LogP contribution in [0.15, 0.2) is 48.7 Å². The molecule has 3 aromatic rings. The SMILES string of the molecule is N#Cc1ccc(OC[C@H](O)COc2cccc3[nH]ccc23)c(F)c1. The van der Waals surface area contributed by atoms with Crippen molar-refractivity contribution in [1.82, 2.24) is 4.98 Å². The molecule has 6 heteroatoms. The number of halogens is 1. The van der Waals surface area contributed by atoms with Crippen molar-refractivity contribution in [2.24, 2.45) is 0 Å². The van der Waals surface area contributed by atoms with Crippen LogP contribution >= 0.6 is 0 Å². The van der Waals surface area contributed by atoms with Gasteiger partial charge in [-0.1, -0.05) is 6.07 Å². The van der Waals surface area contributed by atoms with Crippen LogP contribution in [0.4, 0.5) is 4.39 Å². The molecule has 0 fully saturated rings. The van der Waals surface area contributed by atoms with E-state index < -0.39 is 11.9 Å². The van der Waals surface area contributed by atoms with Gasteiger partial charge in [0.1, 0.15) is 25.1 Å². The lowest BCUT2D eigenvalue weighted by molar-refractivity contribution is 0.0618. The average molecular weight is 326 g/mol. The number of aliphatic hydroxyl groups excluding tert-OH is 1. The molecule has 1 atom stereocenters. The van der Waals surface area contributed by atoms with Crippen LogP contribution in [0, 0.1) is 17.1 Å². The van der Waals surface area contributed by atoms with E-state index >= 15 is 0 Å². The van der Waals surface area contributed by atoms with Crippen LogP contribution in [0.3, 0.4) is 0 Å². The molecule has 1 aromatic heterocycles. The number of H-pyrrole nitrogens is 1. The quantitative estimate of drug-likeness (QED) is 0.730. The lowest BCUT2D eigenvalue weighted by Gasteiger charge is -2.14. The number of hydrogen-bond acceptors (Lipinski definition) is 4. The van der Waals surface area contributed by atoms with Crippen LogP contribution < -0.4 is 9.47 Å². The molecule has 0 aliphatic carbocycles. The van der Waals surface area contributed by atoms with Crippen LogP contribution in [0.25, 0.3) is 10.9 Å². The van der Waals surface area contributed by atoms with Crippen LogP contribution in [-0.2, 0) is 0 Å². The van der Waals surface area contributed by atoms with Crippen LogP contribution in [0.5, 0.6) is 11.5 Å². The minimum absolute atomic E-state index is 0.0132. The number of rotatable bonds is 6. The number of nitriles is 1.